The molecule has 1 aromatic heterocycles. The Morgan fingerprint density at radius 2 is 1.73 bits per heavy atom. The zero-order valence-corrected chi connectivity index (χ0v) is 15.3. The molecular formula is C22H25NO3. The molecule has 0 fully saturated rings. The van der Waals surface area contributed by atoms with Crippen LogP contribution in [0.15, 0.2) is 71.3 Å². The fraction of sp³-hybridized carbons (Fsp3) is 0.273. The van der Waals surface area contributed by atoms with Crippen LogP contribution < -0.4 is 14.8 Å². The lowest BCUT2D eigenvalue weighted by Crippen LogP contribution is -2.17. The summed E-state index contributed by atoms with van der Waals surface area (Å²) < 4.78 is 16.3. The fourth-order valence-electron chi connectivity index (χ4n) is 3.12. The molecule has 136 valence electrons. The molecule has 1 atom stereocenters. The Hall–Kier alpha value is -2.72. The highest BCUT2D eigenvalue weighted by Crippen LogP contribution is 2.29. The third kappa shape index (κ3) is 4.46. The molecule has 3 rings (SSSR count). The highest BCUT2D eigenvalue weighted by Gasteiger charge is 2.16. The van der Waals surface area contributed by atoms with Crippen LogP contribution in [0, 0.1) is 0 Å². The van der Waals surface area contributed by atoms with E-state index in [0.717, 1.165) is 42.3 Å². The van der Waals surface area contributed by atoms with E-state index in [1.54, 1.807) is 20.5 Å². The maximum absolute atomic E-state index is 5.66. The topological polar surface area (TPSA) is 43.6 Å². The summed E-state index contributed by atoms with van der Waals surface area (Å²) in [6, 6.07) is 20.5. The summed E-state index contributed by atoms with van der Waals surface area (Å²) in [6.07, 6.45) is 2.70. The van der Waals surface area contributed by atoms with E-state index in [4.69, 9.17) is 13.9 Å². The molecule has 1 heterocycles. The summed E-state index contributed by atoms with van der Waals surface area (Å²) in [7, 11) is 3.30. The van der Waals surface area contributed by atoms with Gasteiger partial charge in [-0.05, 0) is 48.4 Å². The second-order valence-corrected chi connectivity index (χ2v) is 6.13. The molecule has 0 spiro atoms. The van der Waals surface area contributed by atoms with E-state index < -0.39 is 0 Å². The Bertz CT molecular complexity index is 784. The molecule has 0 aliphatic heterocycles. The Balaban J connectivity index is 1.59. The van der Waals surface area contributed by atoms with E-state index in [1.807, 2.05) is 30.3 Å². The van der Waals surface area contributed by atoms with Crippen LogP contribution in [0.5, 0.6) is 11.5 Å². The quantitative estimate of drug-likeness (QED) is 0.572. The van der Waals surface area contributed by atoms with Gasteiger partial charge in [0.15, 0.2) is 11.5 Å². The van der Waals surface area contributed by atoms with Crippen LogP contribution in [0.3, 0.4) is 0 Å². The summed E-state index contributed by atoms with van der Waals surface area (Å²) in [6.45, 7) is 1.66. The first-order valence-corrected chi connectivity index (χ1v) is 8.81. The maximum Gasteiger partial charge on any atom is 0.161 e. The van der Waals surface area contributed by atoms with Gasteiger partial charge >= 0.3 is 0 Å². The maximum atomic E-state index is 5.66. The van der Waals surface area contributed by atoms with Crippen molar-refractivity contribution < 1.29 is 13.9 Å². The average molecular weight is 351 g/mol. The standard InChI is InChI=1S/C22H25NO3/c1-24-21-11-10-17(15-22(21)25-2)16-23-13-12-19(20-9-6-14-26-20)18-7-4-3-5-8-18/h3-11,14-15,19,23H,12-13,16H2,1-2H3/t19-/m1/s1. The SMILES string of the molecule is COc1ccc(CNCC[C@H](c2ccccc2)c2ccco2)cc1OC. The van der Waals surface area contributed by atoms with Gasteiger partial charge < -0.3 is 19.2 Å². The molecule has 0 saturated heterocycles. The predicted molar refractivity (Wildman–Crippen MR) is 103 cm³/mol. The number of furan rings is 1. The van der Waals surface area contributed by atoms with Crippen molar-refractivity contribution in [1.82, 2.24) is 5.32 Å². The van der Waals surface area contributed by atoms with Crippen LogP contribution in [0.2, 0.25) is 0 Å². The summed E-state index contributed by atoms with van der Waals surface area (Å²) in [5.41, 5.74) is 2.44. The van der Waals surface area contributed by atoms with Crippen molar-refractivity contribution in [2.24, 2.45) is 0 Å². The van der Waals surface area contributed by atoms with Crippen molar-refractivity contribution in [1.29, 1.82) is 0 Å². The summed E-state index contributed by atoms with van der Waals surface area (Å²) in [5.74, 6) is 2.76. The molecule has 0 unspecified atom stereocenters. The first-order chi connectivity index (χ1) is 12.8. The highest BCUT2D eigenvalue weighted by molar-refractivity contribution is 5.42. The number of ether oxygens (including phenoxy) is 2. The van der Waals surface area contributed by atoms with E-state index in [9.17, 15) is 0 Å². The number of methoxy groups -OCH3 is 2. The van der Waals surface area contributed by atoms with Crippen molar-refractivity contribution in [2.45, 2.75) is 18.9 Å². The number of nitrogens with one attached hydrogen (secondary N) is 1. The van der Waals surface area contributed by atoms with Gasteiger partial charge in [-0.2, -0.15) is 0 Å². The molecular weight excluding hydrogens is 326 g/mol. The minimum atomic E-state index is 0.254. The van der Waals surface area contributed by atoms with E-state index in [-0.39, 0.29) is 5.92 Å². The van der Waals surface area contributed by atoms with Crippen LogP contribution >= 0.6 is 0 Å². The molecule has 0 bridgehead atoms. The third-order valence-corrected chi connectivity index (χ3v) is 4.48. The average Bonchev–Trinajstić information content (AvgIpc) is 3.23. The van der Waals surface area contributed by atoms with Gasteiger partial charge in [0.05, 0.1) is 20.5 Å². The molecule has 26 heavy (non-hydrogen) atoms. The van der Waals surface area contributed by atoms with Gasteiger partial charge in [0.25, 0.3) is 0 Å². The molecule has 4 nitrogen and oxygen atoms in total. The van der Waals surface area contributed by atoms with Gasteiger partial charge in [0.1, 0.15) is 5.76 Å². The smallest absolute Gasteiger partial charge is 0.161 e. The number of benzene rings is 2. The molecule has 4 heteroatoms. The largest absolute Gasteiger partial charge is 0.493 e. The van der Waals surface area contributed by atoms with Crippen LogP contribution in [-0.4, -0.2) is 20.8 Å². The zero-order chi connectivity index (χ0) is 18.2. The zero-order valence-electron chi connectivity index (χ0n) is 15.3. The fourth-order valence-corrected chi connectivity index (χ4v) is 3.12. The van der Waals surface area contributed by atoms with Crippen molar-refractivity contribution in [2.75, 3.05) is 20.8 Å². The molecule has 0 saturated carbocycles. The second kappa shape index (κ2) is 9.11. The lowest BCUT2D eigenvalue weighted by molar-refractivity contribution is 0.354. The van der Waals surface area contributed by atoms with Crippen molar-refractivity contribution in [3.63, 3.8) is 0 Å². The van der Waals surface area contributed by atoms with Gasteiger partial charge in [-0.1, -0.05) is 36.4 Å². The van der Waals surface area contributed by atoms with Crippen LogP contribution in [0.25, 0.3) is 0 Å². The summed E-state index contributed by atoms with van der Waals surface area (Å²) >= 11 is 0. The molecule has 0 aliphatic carbocycles. The molecule has 0 aliphatic rings. The summed E-state index contributed by atoms with van der Waals surface area (Å²) in [4.78, 5) is 0. The second-order valence-electron chi connectivity index (χ2n) is 6.13. The lowest BCUT2D eigenvalue weighted by atomic mass is 9.93. The van der Waals surface area contributed by atoms with Gasteiger partial charge in [0, 0.05) is 12.5 Å². The minimum absolute atomic E-state index is 0.254. The van der Waals surface area contributed by atoms with Crippen LogP contribution in [0.4, 0.5) is 0 Å². The normalized spacial score (nSPS) is 11.9. The predicted octanol–water partition coefficient (Wildman–Crippen LogP) is 4.61. The Morgan fingerprint density at radius 3 is 2.42 bits per heavy atom. The molecule has 1 N–H and O–H groups in total. The molecule has 2 aromatic carbocycles. The van der Waals surface area contributed by atoms with Crippen molar-refractivity contribution in [3.8, 4) is 11.5 Å². The van der Waals surface area contributed by atoms with E-state index >= 15 is 0 Å². The number of hydrogen-bond acceptors (Lipinski definition) is 4. The Morgan fingerprint density at radius 1 is 0.923 bits per heavy atom. The van der Waals surface area contributed by atoms with Crippen molar-refractivity contribution in [3.05, 3.63) is 83.8 Å². The van der Waals surface area contributed by atoms with Crippen molar-refractivity contribution >= 4 is 0 Å². The van der Waals surface area contributed by atoms with E-state index in [2.05, 4.69) is 35.6 Å². The summed E-state index contributed by atoms with van der Waals surface area (Å²) in [5, 5.41) is 3.51. The highest BCUT2D eigenvalue weighted by atomic mass is 16.5. The molecule has 0 amide bonds. The lowest BCUT2D eigenvalue weighted by Gasteiger charge is -2.16. The third-order valence-electron chi connectivity index (χ3n) is 4.48. The van der Waals surface area contributed by atoms with E-state index in [1.165, 1.54) is 5.56 Å². The molecule has 3 aromatic rings. The number of hydrogen-bond donors (Lipinski definition) is 1. The van der Waals surface area contributed by atoms with E-state index in [0.29, 0.717) is 0 Å². The first kappa shape index (κ1) is 18.1. The number of rotatable bonds is 9. The Kier molecular flexibility index (Phi) is 6.34. The molecule has 0 radical (unpaired) electrons. The monoisotopic (exact) mass is 351 g/mol. The Labute approximate surface area is 154 Å². The van der Waals surface area contributed by atoms with Gasteiger partial charge in [-0.25, -0.2) is 0 Å². The van der Waals surface area contributed by atoms with Crippen LogP contribution in [-0.2, 0) is 6.54 Å². The van der Waals surface area contributed by atoms with Gasteiger partial charge in [-0.3, -0.25) is 0 Å². The van der Waals surface area contributed by atoms with Gasteiger partial charge in [0.2, 0.25) is 0 Å². The first-order valence-electron chi connectivity index (χ1n) is 8.81. The van der Waals surface area contributed by atoms with Crippen LogP contribution in [0.1, 0.15) is 29.2 Å². The van der Waals surface area contributed by atoms with Gasteiger partial charge in [-0.15, -0.1) is 0 Å². The minimum Gasteiger partial charge on any atom is -0.493 e.